The lowest BCUT2D eigenvalue weighted by atomic mass is 9.59. The maximum absolute atomic E-state index is 13.0. The van der Waals surface area contributed by atoms with E-state index in [1.807, 2.05) is 38.5 Å². The fraction of sp³-hybridized carbons (Fsp3) is 0.550. The van der Waals surface area contributed by atoms with Crippen LogP contribution in [0.25, 0.3) is 0 Å². The molecule has 2 N–H and O–H groups in total. The number of halogens is 2. The second-order valence-corrected chi connectivity index (χ2v) is 16.2. The van der Waals surface area contributed by atoms with Crippen LogP contribution < -0.4 is 14.8 Å². The molecule has 3 aliphatic carbocycles. The van der Waals surface area contributed by atoms with Crippen LogP contribution >= 0.6 is 23.2 Å². The molecule has 3 aromatic rings. The van der Waals surface area contributed by atoms with Crippen LogP contribution in [-0.4, -0.2) is 59.8 Å². The Balaban J connectivity index is 1.27. The van der Waals surface area contributed by atoms with Crippen molar-refractivity contribution in [1.82, 2.24) is 9.88 Å². The summed E-state index contributed by atoms with van der Waals surface area (Å²) in [7, 11) is 4.07. The van der Waals surface area contributed by atoms with Gasteiger partial charge in [-0.25, -0.2) is 4.79 Å². The Morgan fingerprint density at radius 2 is 1.88 bits per heavy atom. The molecule has 0 amide bonds. The first-order valence-corrected chi connectivity index (χ1v) is 18.7. The number of carboxylic acids is 1. The minimum atomic E-state index is -1.08. The van der Waals surface area contributed by atoms with Gasteiger partial charge in [-0.2, -0.15) is 0 Å². The van der Waals surface area contributed by atoms with Crippen LogP contribution in [0.4, 0.5) is 5.69 Å². The Morgan fingerprint density at radius 3 is 2.59 bits per heavy atom. The van der Waals surface area contributed by atoms with E-state index in [-0.39, 0.29) is 11.5 Å². The number of benzene rings is 2. The highest BCUT2D eigenvalue weighted by atomic mass is 35.5. The van der Waals surface area contributed by atoms with Crippen LogP contribution in [-0.2, 0) is 23.1 Å². The predicted molar refractivity (Wildman–Crippen MR) is 198 cm³/mol. The Hall–Kier alpha value is -3.00. The van der Waals surface area contributed by atoms with Crippen molar-refractivity contribution >= 4 is 34.9 Å². The molecular weight excluding hydrogens is 657 g/mol. The number of pyridine rings is 1. The molecule has 1 spiro atoms. The van der Waals surface area contributed by atoms with Crippen molar-refractivity contribution in [3.8, 4) is 11.5 Å². The van der Waals surface area contributed by atoms with Gasteiger partial charge in [0.1, 0.15) is 23.1 Å². The van der Waals surface area contributed by atoms with Gasteiger partial charge in [-0.15, -0.1) is 0 Å². The molecule has 0 radical (unpaired) electrons. The van der Waals surface area contributed by atoms with E-state index in [1.165, 1.54) is 35.2 Å². The average Bonchev–Trinajstić information content (AvgIpc) is 3.31. The van der Waals surface area contributed by atoms with Gasteiger partial charge >= 0.3 is 5.97 Å². The van der Waals surface area contributed by atoms with Gasteiger partial charge in [-0.1, -0.05) is 43.1 Å². The molecule has 1 fully saturated rings. The van der Waals surface area contributed by atoms with Gasteiger partial charge in [-0.3, -0.25) is 4.98 Å². The van der Waals surface area contributed by atoms with Gasteiger partial charge in [0.2, 0.25) is 0 Å². The van der Waals surface area contributed by atoms with Crippen LogP contribution in [0.1, 0.15) is 94.0 Å². The number of aliphatic carboxylic acids is 1. The normalized spacial score (nSPS) is 25.8. The number of fused-ring (bicyclic) bond motifs is 3. The number of rotatable bonds is 12. The van der Waals surface area contributed by atoms with Crippen molar-refractivity contribution in [1.29, 1.82) is 0 Å². The Morgan fingerprint density at radius 1 is 1.10 bits per heavy atom. The third kappa shape index (κ3) is 7.55. The van der Waals surface area contributed by atoms with Gasteiger partial charge in [-0.05, 0) is 150 Å². The maximum atomic E-state index is 13.0. The lowest BCUT2D eigenvalue weighted by Crippen LogP contribution is -2.53. The van der Waals surface area contributed by atoms with Gasteiger partial charge in [0.05, 0.1) is 11.6 Å². The molecule has 4 atom stereocenters. The molecule has 1 unspecified atom stereocenters. The number of nitrogens with one attached hydrogen (secondary N) is 1. The van der Waals surface area contributed by atoms with Crippen LogP contribution in [0, 0.1) is 11.8 Å². The molecule has 2 aromatic carbocycles. The Labute approximate surface area is 301 Å². The summed E-state index contributed by atoms with van der Waals surface area (Å²) in [5, 5.41) is 15.2. The molecule has 0 saturated heterocycles. The number of anilines is 1. The molecule has 1 heterocycles. The first-order chi connectivity index (χ1) is 23.4. The van der Waals surface area contributed by atoms with Gasteiger partial charge in [0, 0.05) is 34.7 Å². The molecule has 3 aliphatic rings. The van der Waals surface area contributed by atoms with Crippen molar-refractivity contribution in [3.05, 3.63) is 81.1 Å². The minimum Gasteiger partial charge on any atom is -0.493 e. The zero-order valence-corrected chi connectivity index (χ0v) is 31.0. The molecule has 7 nitrogen and oxygen atoms in total. The molecule has 0 bridgehead atoms. The number of aryl methyl sites for hydroxylation is 1. The van der Waals surface area contributed by atoms with Gasteiger partial charge < -0.3 is 24.8 Å². The van der Waals surface area contributed by atoms with Crippen LogP contribution in [0.15, 0.2) is 48.7 Å². The molecule has 9 heteroatoms. The largest absolute Gasteiger partial charge is 0.493 e. The van der Waals surface area contributed by atoms with E-state index in [4.69, 9.17) is 32.7 Å². The van der Waals surface area contributed by atoms with Crippen molar-refractivity contribution in [3.63, 3.8) is 0 Å². The topological polar surface area (TPSA) is 83.9 Å². The fourth-order valence-electron chi connectivity index (χ4n) is 8.97. The Bertz CT molecular complexity index is 1650. The number of hydrogen-bond donors (Lipinski definition) is 2. The summed E-state index contributed by atoms with van der Waals surface area (Å²) in [6, 6.07) is 13.6. The highest BCUT2D eigenvalue weighted by molar-refractivity contribution is 6.32. The second-order valence-electron chi connectivity index (χ2n) is 15.3. The summed E-state index contributed by atoms with van der Waals surface area (Å²) in [6.45, 7) is 8.02. The van der Waals surface area contributed by atoms with Crippen molar-refractivity contribution < 1.29 is 19.4 Å². The third-order valence-electron chi connectivity index (χ3n) is 11.3. The van der Waals surface area contributed by atoms with Crippen LogP contribution in [0.5, 0.6) is 11.5 Å². The quantitative estimate of drug-likeness (QED) is 0.194. The van der Waals surface area contributed by atoms with E-state index in [9.17, 15) is 9.90 Å². The van der Waals surface area contributed by atoms with E-state index in [0.717, 1.165) is 50.1 Å². The van der Waals surface area contributed by atoms with Crippen molar-refractivity contribution in [2.24, 2.45) is 11.8 Å². The zero-order valence-electron chi connectivity index (χ0n) is 29.5. The highest BCUT2D eigenvalue weighted by Gasteiger charge is 2.54. The summed E-state index contributed by atoms with van der Waals surface area (Å²) in [5.74, 6) is 1.91. The summed E-state index contributed by atoms with van der Waals surface area (Å²) >= 11 is 13.2. The molecule has 1 saturated carbocycles. The molecule has 264 valence electrons. The smallest absolute Gasteiger partial charge is 0.329 e. The number of ether oxygens (including phenoxy) is 2. The lowest BCUT2D eigenvalue weighted by molar-refractivity contribution is -0.144. The minimum absolute atomic E-state index is 0.0366. The molecule has 1 aromatic heterocycles. The Kier molecular flexibility index (Phi) is 10.7. The van der Waals surface area contributed by atoms with E-state index < -0.39 is 11.5 Å². The number of hydrogen-bond acceptors (Lipinski definition) is 6. The second kappa shape index (κ2) is 14.7. The zero-order chi connectivity index (χ0) is 34.9. The third-order valence-corrected chi connectivity index (χ3v) is 11.8. The molecular formula is C40H51Cl2N3O4. The summed E-state index contributed by atoms with van der Waals surface area (Å²) in [4.78, 5) is 19.7. The van der Waals surface area contributed by atoms with E-state index in [0.29, 0.717) is 53.0 Å². The fourth-order valence-corrected chi connectivity index (χ4v) is 9.39. The lowest BCUT2D eigenvalue weighted by Gasteiger charge is -2.47. The summed E-state index contributed by atoms with van der Waals surface area (Å²) < 4.78 is 13.0. The number of nitrogens with zero attached hydrogens (tertiary/aromatic N) is 2. The molecule has 0 aliphatic heterocycles. The highest BCUT2D eigenvalue weighted by Crippen LogP contribution is 2.57. The van der Waals surface area contributed by atoms with E-state index in [2.05, 4.69) is 48.1 Å². The van der Waals surface area contributed by atoms with Crippen molar-refractivity contribution in [2.45, 2.75) is 102 Å². The summed E-state index contributed by atoms with van der Waals surface area (Å²) in [6.07, 6.45) is 9.53. The number of aromatic nitrogens is 1. The van der Waals surface area contributed by atoms with Crippen LogP contribution in [0.3, 0.4) is 0 Å². The molecule has 6 rings (SSSR count). The first-order valence-electron chi connectivity index (χ1n) is 17.9. The van der Waals surface area contributed by atoms with E-state index in [1.54, 1.807) is 12.1 Å². The first kappa shape index (κ1) is 35.8. The summed E-state index contributed by atoms with van der Waals surface area (Å²) in [5.41, 5.74) is 4.42. The van der Waals surface area contributed by atoms with Crippen LogP contribution in [0.2, 0.25) is 10.0 Å². The predicted octanol–water partition coefficient (Wildman–Crippen LogP) is 9.18. The maximum Gasteiger partial charge on any atom is 0.329 e. The van der Waals surface area contributed by atoms with E-state index >= 15 is 0 Å². The SMILES string of the molecule is CC(CN(C)C)Oc1cc2c(cc1Cl)C[C@H](C[C@@H](C)COc1ccnc3c1[C@H](C)CCC3)C21CCC(Nc2cccc(Cl)c2)(C(=O)O)CC1. The van der Waals surface area contributed by atoms with Gasteiger partial charge in [0.15, 0.2) is 0 Å². The molecule has 49 heavy (non-hydrogen) atoms. The number of likely N-dealkylation sites (N-methyl/N-ethyl adjacent to an activating group) is 1. The number of carboxylic acid groups (broad SMARTS) is 1. The standard InChI is InChI=1S/C40H51Cl2N3O4/c1-25(24-48-35-12-17-43-34-11-6-8-26(2)37(34)35)18-29-19-28-20-33(42)36(49-27(3)23-45(4)5)22-32(28)39(29)13-15-40(16-14-39,38(46)47)44-31-10-7-9-30(41)21-31/h7,9-10,12,17,20-22,25-27,29,44H,6,8,11,13-16,18-19,23-24H2,1-5H3,(H,46,47)/t25-,26-,27?,29+,39?,40?/m1/s1. The number of carbonyl (C=O) groups is 1. The van der Waals surface area contributed by atoms with Crippen molar-refractivity contribution in [2.75, 3.05) is 32.6 Å². The average molecular weight is 709 g/mol. The monoisotopic (exact) mass is 707 g/mol. The van der Waals surface area contributed by atoms with Gasteiger partial charge in [0.25, 0.3) is 0 Å².